The van der Waals surface area contributed by atoms with Gasteiger partial charge in [0.05, 0.1) is 16.3 Å². The van der Waals surface area contributed by atoms with Gasteiger partial charge in [0.1, 0.15) is 5.52 Å². The first-order valence-corrected chi connectivity index (χ1v) is 9.25. The molecule has 30 heavy (non-hydrogen) atoms. The number of oxazole rings is 1. The molecule has 0 aliphatic carbocycles. The van der Waals surface area contributed by atoms with Crippen LogP contribution >= 0.6 is 11.6 Å². The van der Waals surface area contributed by atoms with Crippen LogP contribution in [0.15, 0.2) is 65.1 Å². The highest BCUT2D eigenvalue weighted by molar-refractivity contribution is 6.34. The molecule has 1 heterocycles. The Balaban J connectivity index is 1.65. The number of aromatic nitrogens is 1. The number of nitrogens with one attached hydrogen (secondary N) is 1. The minimum Gasteiger partial charge on any atom is -0.436 e. The molecule has 0 saturated carbocycles. The monoisotopic (exact) mass is 430 g/mol. The van der Waals surface area contributed by atoms with Gasteiger partial charge in [0.15, 0.2) is 5.58 Å². The van der Waals surface area contributed by atoms with E-state index in [4.69, 9.17) is 16.0 Å². The van der Waals surface area contributed by atoms with E-state index in [0.717, 1.165) is 6.07 Å². The minimum atomic E-state index is -4.55. The fraction of sp³-hybridized carbons (Fsp3) is 0.0909. The molecule has 8 heteroatoms. The SMILES string of the molecule is Cc1ccc(C(=O)Nc2cc(-c3nc4ccccc4o3)ccc2Cl)cc1C(F)(F)F. The summed E-state index contributed by atoms with van der Waals surface area (Å²) in [6.45, 7) is 1.34. The maximum Gasteiger partial charge on any atom is 0.416 e. The lowest BCUT2D eigenvalue weighted by molar-refractivity contribution is -0.138. The molecule has 0 atom stereocenters. The van der Waals surface area contributed by atoms with Gasteiger partial charge in [0.25, 0.3) is 5.91 Å². The van der Waals surface area contributed by atoms with E-state index in [9.17, 15) is 18.0 Å². The first-order chi connectivity index (χ1) is 14.2. The van der Waals surface area contributed by atoms with E-state index >= 15 is 0 Å². The van der Waals surface area contributed by atoms with E-state index in [-0.39, 0.29) is 21.8 Å². The number of halogens is 4. The summed E-state index contributed by atoms with van der Waals surface area (Å²) in [5, 5.41) is 2.79. The van der Waals surface area contributed by atoms with Crippen LogP contribution in [0.5, 0.6) is 0 Å². The second-order valence-corrected chi connectivity index (χ2v) is 7.07. The molecule has 0 unspecified atom stereocenters. The van der Waals surface area contributed by atoms with Crippen molar-refractivity contribution >= 4 is 34.3 Å². The molecular weight excluding hydrogens is 417 g/mol. The number of fused-ring (bicyclic) bond motifs is 1. The van der Waals surface area contributed by atoms with E-state index < -0.39 is 17.6 Å². The van der Waals surface area contributed by atoms with Gasteiger partial charge in [-0.25, -0.2) is 4.98 Å². The zero-order chi connectivity index (χ0) is 21.5. The molecule has 0 aliphatic rings. The molecule has 1 amide bonds. The molecule has 0 bridgehead atoms. The van der Waals surface area contributed by atoms with Crippen molar-refractivity contribution in [3.8, 4) is 11.5 Å². The van der Waals surface area contributed by atoms with E-state index in [2.05, 4.69) is 10.3 Å². The van der Waals surface area contributed by atoms with Crippen LogP contribution in [0.2, 0.25) is 5.02 Å². The molecule has 0 saturated heterocycles. The number of benzene rings is 3. The number of carbonyl (C=O) groups excluding carboxylic acids is 1. The number of carbonyl (C=O) groups is 1. The number of hydrogen-bond donors (Lipinski definition) is 1. The number of amides is 1. The van der Waals surface area contributed by atoms with E-state index in [0.29, 0.717) is 22.6 Å². The minimum absolute atomic E-state index is 0.0371. The van der Waals surface area contributed by atoms with Crippen molar-refractivity contribution in [2.75, 3.05) is 5.32 Å². The first kappa shape index (κ1) is 20.0. The zero-order valence-electron chi connectivity index (χ0n) is 15.5. The fourth-order valence-electron chi connectivity index (χ4n) is 3.01. The van der Waals surface area contributed by atoms with Gasteiger partial charge in [-0.2, -0.15) is 13.2 Å². The number of alkyl halides is 3. The third-order valence-electron chi connectivity index (χ3n) is 4.56. The van der Waals surface area contributed by atoms with Crippen molar-refractivity contribution in [2.24, 2.45) is 0 Å². The average Bonchev–Trinajstić information content (AvgIpc) is 3.13. The maximum atomic E-state index is 13.1. The molecule has 1 aromatic heterocycles. The summed E-state index contributed by atoms with van der Waals surface area (Å²) >= 11 is 6.18. The van der Waals surface area contributed by atoms with Gasteiger partial charge in [-0.1, -0.05) is 29.8 Å². The average molecular weight is 431 g/mol. The zero-order valence-corrected chi connectivity index (χ0v) is 16.3. The molecule has 3 aromatic carbocycles. The summed E-state index contributed by atoms with van der Waals surface area (Å²) in [6.07, 6.45) is -4.55. The number of rotatable bonds is 3. The summed E-state index contributed by atoms with van der Waals surface area (Å²) in [5.41, 5.74) is 1.12. The van der Waals surface area contributed by atoms with E-state index in [1.165, 1.54) is 19.1 Å². The molecule has 4 nitrogen and oxygen atoms in total. The second kappa shape index (κ2) is 7.50. The second-order valence-electron chi connectivity index (χ2n) is 6.66. The molecule has 0 fully saturated rings. The van der Waals surface area contributed by atoms with Gasteiger partial charge in [-0.05, 0) is 55.0 Å². The maximum absolute atomic E-state index is 13.1. The summed E-state index contributed by atoms with van der Waals surface area (Å²) in [4.78, 5) is 17.0. The van der Waals surface area contributed by atoms with Gasteiger partial charge in [0.2, 0.25) is 5.89 Å². The Kier molecular flexibility index (Phi) is 4.99. The third kappa shape index (κ3) is 3.89. The highest BCUT2D eigenvalue weighted by atomic mass is 35.5. The molecule has 0 radical (unpaired) electrons. The number of para-hydroxylation sites is 2. The van der Waals surface area contributed by atoms with Crippen molar-refractivity contribution < 1.29 is 22.4 Å². The summed E-state index contributed by atoms with van der Waals surface area (Å²) in [5.74, 6) is -0.379. The quantitative estimate of drug-likeness (QED) is 0.392. The van der Waals surface area contributed by atoms with Crippen LogP contribution in [0.25, 0.3) is 22.6 Å². The topological polar surface area (TPSA) is 55.1 Å². The Labute approximate surface area is 174 Å². The summed E-state index contributed by atoms with van der Waals surface area (Å²) < 4.78 is 45.1. The fourth-order valence-corrected chi connectivity index (χ4v) is 3.18. The standard InChI is InChI=1S/C22H14ClF3N2O2/c1-12-6-7-13(10-15(12)22(24,25)26)20(29)27-18-11-14(8-9-16(18)23)21-28-17-4-2-3-5-19(17)30-21/h2-11H,1H3,(H,27,29). The van der Waals surface area contributed by atoms with Gasteiger partial charge in [-0.3, -0.25) is 4.79 Å². The number of hydrogen-bond acceptors (Lipinski definition) is 3. The molecular formula is C22H14ClF3N2O2. The van der Waals surface area contributed by atoms with Crippen molar-refractivity contribution in [3.05, 3.63) is 82.4 Å². The molecule has 4 rings (SSSR count). The third-order valence-corrected chi connectivity index (χ3v) is 4.89. The van der Waals surface area contributed by atoms with Gasteiger partial charge >= 0.3 is 6.18 Å². The largest absolute Gasteiger partial charge is 0.436 e. The Hall–Kier alpha value is -3.32. The van der Waals surface area contributed by atoms with Crippen LogP contribution in [0.1, 0.15) is 21.5 Å². The van der Waals surface area contributed by atoms with Crippen LogP contribution in [0, 0.1) is 6.92 Å². The number of aryl methyl sites for hydroxylation is 1. The van der Waals surface area contributed by atoms with E-state index in [1.54, 1.807) is 30.3 Å². The highest BCUT2D eigenvalue weighted by Gasteiger charge is 2.33. The molecule has 0 spiro atoms. The number of anilines is 1. The van der Waals surface area contributed by atoms with Crippen LogP contribution in [0.4, 0.5) is 18.9 Å². The Morgan fingerprint density at radius 1 is 1.07 bits per heavy atom. The van der Waals surface area contributed by atoms with Gasteiger partial charge in [-0.15, -0.1) is 0 Å². The highest BCUT2D eigenvalue weighted by Crippen LogP contribution is 2.33. The number of nitrogens with zero attached hydrogens (tertiary/aromatic N) is 1. The Morgan fingerprint density at radius 3 is 2.57 bits per heavy atom. The predicted molar refractivity (Wildman–Crippen MR) is 109 cm³/mol. The predicted octanol–water partition coefficient (Wildman–Crippen LogP) is 6.73. The van der Waals surface area contributed by atoms with Crippen LogP contribution in [-0.2, 0) is 6.18 Å². The van der Waals surface area contributed by atoms with Crippen LogP contribution < -0.4 is 5.32 Å². The summed E-state index contributed by atoms with van der Waals surface area (Å²) in [7, 11) is 0. The van der Waals surface area contributed by atoms with Gasteiger partial charge < -0.3 is 9.73 Å². The van der Waals surface area contributed by atoms with Crippen LogP contribution in [-0.4, -0.2) is 10.9 Å². The molecule has 4 aromatic rings. The normalized spacial score (nSPS) is 11.6. The van der Waals surface area contributed by atoms with E-state index in [1.807, 2.05) is 12.1 Å². The molecule has 0 aliphatic heterocycles. The lowest BCUT2D eigenvalue weighted by Gasteiger charge is -2.13. The van der Waals surface area contributed by atoms with Crippen molar-refractivity contribution in [2.45, 2.75) is 13.1 Å². The van der Waals surface area contributed by atoms with Crippen LogP contribution in [0.3, 0.4) is 0 Å². The van der Waals surface area contributed by atoms with Crippen molar-refractivity contribution in [1.82, 2.24) is 4.98 Å². The van der Waals surface area contributed by atoms with Crippen molar-refractivity contribution in [3.63, 3.8) is 0 Å². The lowest BCUT2D eigenvalue weighted by atomic mass is 10.0. The van der Waals surface area contributed by atoms with Crippen molar-refractivity contribution in [1.29, 1.82) is 0 Å². The Bertz CT molecular complexity index is 1230. The first-order valence-electron chi connectivity index (χ1n) is 8.87. The summed E-state index contributed by atoms with van der Waals surface area (Å²) in [6, 6.07) is 15.4. The Morgan fingerprint density at radius 2 is 1.83 bits per heavy atom. The molecule has 1 N–H and O–H groups in total. The smallest absolute Gasteiger partial charge is 0.416 e. The lowest BCUT2D eigenvalue weighted by Crippen LogP contribution is -2.15. The van der Waals surface area contributed by atoms with Gasteiger partial charge in [0, 0.05) is 11.1 Å². The molecule has 152 valence electrons.